The van der Waals surface area contributed by atoms with Crippen molar-refractivity contribution in [2.24, 2.45) is 0 Å². The Bertz CT molecular complexity index is 363. The standard InChI is InChI=1S/C11H10N2O/c1-2-7-13-11(14)6-5-10-4-3-8-12-9-10/h1,3-6,8-9H,7H2,(H,13,14). The number of pyridine rings is 1. The van der Waals surface area contributed by atoms with Crippen LogP contribution in [-0.2, 0) is 4.79 Å². The Morgan fingerprint density at radius 3 is 3.21 bits per heavy atom. The first-order valence-electron chi connectivity index (χ1n) is 4.12. The lowest BCUT2D eigenvalue weighted by Gasteiger charge is -1.94. The monoisotopic (exact) mass is 186 g/mol. The van der Waals surface area contributed by atoms with Crippen LogP contribution in [0.4, 0.5) is 0 Å². The van der Waals surface area contributed by atoms with Gasteiger partial charge in [-0.25, -0.2) is 0 Å². The fraction of sp³-hybridized carbons (Fsp3) is 0.0909. The highest BCUT2D eigenvalue weighted by Crippen LogP contribution is 1.97. The molecule has 0 atom stereocenters. The molecule has 0 saturated carbocycles. The van der Waals surface area contributed by atoms with Gasteiger partial charge in [-0.3, -0.25) is 9.78 Å². The van der Waals surface area contributed by atoms with Gasteiger partial charge in [0.1, 0.15) is 0 Å². The molecule has 0 aliphatic carbocycles. The van der Waals surface area contributed by atoms with Crippen molar-refractivity contribution < 1.29 is 4.79 Å². The highest BCUT2D eigenvalue weighted by molar-refractivity contribution is 5.91. The van der Waals surface area contributed by atoms with E-state index >= 15 is 0 Å². The molecule has 0 aliphatic rings. The molecule has 1 aromatic rings. The number of carbonyl (C=O) groups is 1. The highest BCUT2D eigenvalue weighted by atomic mass is 16.1. The third-order valence-electron chi connectivity index (χ3n) is 1.48. The Hall–Kier alpha value is -2.08. The van der Waals surface area contributed by atoms with E-state index in [1.54, 1.807) is 24.5 Å². The number of terminal acetylenes is 1. The summed E-state index contributed by atoms with van der Waals surface area (Å²) in [5.74, 6) is 2.12. The van der Waals surface area contributed by atoms with Gasteiger partial charge in [-0.15, -0.1) is 6.42 Å². The molecule has 0 saturated heterocycles. The van der Waals surface area contributed by atoms with Gasteiger partial charge in [0, 0.05) is 18.5 Å². The largest absolute Gasteiger partial charge is 0.342 e. The molecule has 0 unspecified atom stereocenters. The lowest BCUT2D eigenvalue weighted by atomic mass is 10.2. The second-order valence-electron chi connectivity index (χ2n) is 2.54. The number of rotatable bonds is 3. The maximum atomic E-state index is 11.1. The van der Waals surface area contributed by atoms with Gasteiger partial charge in [0.05, 0.1) is 6.54 Å². The van der Waals surface area contributed by atoms with Crippen molar-refractivity contribution in [3.63, 3.8) is 0 Å². The van der Waals surface area contributed by atoms with E-state index in [-0.39, 0.29) is 12.5 Å². The molecule has 0 aromatic carbocycles. The molecule has 0 radical (unpaired) electrons. The summed E-state index contributed by atoms with van der Waals surface area (Å²) in [5.41, 5.74) is 0.878. The zero-order valence-corrected chi connectivity index (χ0v) is 7.60. The van der Waals surface area contributed by atoms with Crippen molar-refractivity contribution in [1.82, 2.24) is 10.3 Å². The molecule has 14 heavy (non-hydrogen) atoms. The van der Waals surface area contributed by atoms with Crippen molar-refractivity contribution >= 4 is 12.0 Å². The molecule has 3 heteroatoms. The van der Waals surface area contributed by atoms with E-state index in [0.717, 1.165) is 5.56 Å². The number of hydrogen-bond acceptors (Lipinski definition) is 2. The summed E-state index contributed by atoms with van der Waals surface area (Å²) >= 11 is 0. The van der Waals surface area contributed by atoms with Crippen LogP contribution in [0.2, 0.25) is 0 Å². The topological polar surface area (TPSA) is 42.0 Å². The average Bonchev–Trinajstić information content (AvgIpc) is 2.25. The molecular weight excluding hydrogens is 176 g/mol. The molecule has 0 fully saturated rings. The van der Waals surface area contributed by atoms with Gasteiger partial charge in [0.15, 0.2) is 0 Å². The van der Waals surface area contributed by atoms with Crippen LogP contribution in [0.15, 0.2) is 30.6 Å². The number of nitrogens with zero attached hydrogens (tertiary/aromatic N) is 1. The van der Waals surface area contributed by atoms with Crippen LogP contribution in [0.5, 0.6) is 0 Å². The second-order valence-corrected chi connectivity index (χ2v) is 2.54. The van der Waals surface area contributed by atoms with Crippen LogP contribution in [0, 0.1) is 12.3 Å². The minimum Gasteiger partial charge on any atom is -0.342 e. The first-order chi connectivity index (χ1) is 6.83. The molecular formula is C11H10N2O. The van der Waals surface area contributed by atoms with Crippen LogP contribution in [0.1, 0.15) is 5.56 Å². The third kappa shape index (κ3) is 3.55. The van der Waals surface area contributed by atoms with Crippen LogP contribution in [0.25, 0.3) is 6.08 Å². The van der Waals surface area contributed by atoms with E-state index in [1.807, 2.05) is 6.07 Å². The molecule has 0 spiro atoms. The molecule has 1 N–H and O–H groups in total. The van der Waals surface area contributed by atoms with Crippen LogP contribution in [0.3, 0.4) is 0 Å². The third-order valence-corrected chi connectivity index (χ3v) is 1.48. The molecule has 1 amide bonds. The van der Waals surface area contributed by atoms with E-state index < -0.39 is 0 Å². The molecule has 1 aromatic heterocycles. The second kappa shape index (κ2) is 5.55. The van der Waals surface area contributed by atoms with Gasteiger partial charge in [0.25, 0.3) is 0 Å². The number of hydrogen-bond donors (Lipinski definition) is 1. The van der Waals surface area contributed by atoms with Crippen molar-refractivity contribution in [2.75, 3.05) is 6.54 Å². The minimum absolute atomic E-state index is 0.202. The summed E-state index contributed by atoms with van der Waals surface area (Å²) < 4.78 is 0. The summed E-state index contributed by atoms with van der Waals surface area (Å²) in [5, 5.41) is 2.52. The molecule has 1 heterocycles. The van der Waals surface area contributed by atoms with Crippen molar-refractivity contribution in [3.05, 3.63) is 36.2 Å². The Balaban J connectivity index is 2.49. The number of aromatic nitrogens is 1. The summed E-state index contributed by atoms with van der Waals surface area (Å²) in [6.45, 7) is 0.246. The maximum Gasteiger partial charge on any atom is 0.244 e. The molecule has 1 rings (SSSR count). The zero-order valence-electron chi connectivity index (χ0n) is 7.60. The highest BCUT2D eigenvalue weighted by Gasteiger charge is 1.91. The maximum absolute atomic E-state index is 11.1. The van der Waals surface area contributed by atoms with E-state index in [4.69, 9.17) is 6.42 Å². The summed E-state index contributed by atoms with van der Waals surface area (Å²) in [6, 6.07) is 3.66. The minimum atomic E-state index is -0.202. The van der Waals surface area contributed by atoms with Crippen molar-refractivity contribution in [2.45, 2.75) is 0 Å². The molecule has 0 aliphatic heterocycles. The fourth-order valence-corrected chi connectivity index (χ4v) is 0.844. The molecule has 70 valence electrons. The Labute approximate surface area is 82.9 Å². The van der Waals surface area contributed by atoms with Crippen molar-refractivity contribution in [1.29, 1.82) is 0 Å². The zero-order chi connectivity index (χ0) is 10.2. The average molecular weight is 186 g/mol. The summed E-state index contributed by atoms with van der Waals surface area (Å²) in [7, 11) is 0. The van der Waals surface area contributed by atoms with Gasteiger partial charge < -0.3 is 5.32 Å². The van der Waals surface area contributed by atoms with Gasteiger partial charge in [-0.1, -0.05) is 12.0 Å². The Kier molecular flexibility index (Phi) is 3.96. The van der Waals surface area contributed by atoms with E-state index in [2.05, 4.69) is 16.2 Å². The van der Waals surface area contributed by atoms with Crippen molar-refractivity contribution in [3.8, 4) is 12.3 Å². The number of amides is 1. The lowest BCUT2D eigenvalue weighted by Crippen LogP contribution is -2.20. The van der Waals surface area contributed by atoms with Crippen LogP contribution < -0.4 is 5.32 Å². The Morgan fingerprint density at radius 1 is 1.71 bits per heavy atom. The SMILES string of the molecule is C#CCNC(=O)C=Cc1cccnc1. The van der Waals surface area contributed by atoms with E-state index in [1.165, 1.54) is 6.08 Å². The first-order valence-corrected chi connectivity index (χ1v) is 4.12. The lowest BCUT2D eigenvalue weighted by molar-refractivity contribution is -0.116. The van der Waals surface area contributed by atoms with Gasteiger partial charge in [-0.2, -0.15) is 0 Å². The summed E-state index contributed by atoms with van der Waals surface area (Å²) in [4.78, 5) is 15.0. The van der Waals surface area contributed by atoms with Crippen LogP contribution in [-0.4, -0.2) is 17.4 Å². The fourth-order valence-electron chi connectivity index (χ4n) is 0.844. The number of carbonyl (C=O) groups excluding carboxylic acids is 1. The molecule has 0 bridgehead atoms. The normalized spacial score (nSPS) is 9.64. The first kappa shape index (κ1) is 10.0. The predicted octanol–water partition coefficient (Wildman–Crippen LogP) is 0.844. The quantitative estimate of drug-likeness (QED) is 0.561. The van der Waals surface area contributed by atoms with Gasteiger partial charge >= 0.3 is 0 Å². The van der Waals surface area contributed by atoms with E-state index in [9.17, 15) is 4.79 Å². The van der Waals surface area contributed by atoms with Crippen LogP contribution >= 0.6 is 0 Å². The van der Waals surface area contributed by atoms with Gasteiger partial charge in [-0.05, 0) is 17.7 Å². The van der Waals surface area contributed by atoms with Gasteiger partial charge in [0.2, 0.25) is 5.91 Å². The Morgan fingerprint density at radius 2 is 2.57 bits per heavy atom. The molecule has 3 nitrogen and oxygen atoms in total. The summed E-state index contributed by atoms with van der Waals surface area (Å²) in [6.07, 6.45) is 11.4. The number of nitrogens with one attached hydrogen (secondary N) is 1. The van der Waals surface area contributed by atoms with E-state index in [0.29, 0.717) is 0 Å². The smallest absolute Gasteiger partial charge is 0.244 e. The predicted molar refractivity (Wildman–Crippen MR) is 55.1 cm³/mol.